The highest BCUT2D eigenvalue weighted by Gasteiger charge is 2.17. The SMILES string of the molecule is O=Cc1ccc2c(c1)OCCN2CCCl. The van der Waals surface area contributed by atoms with E-state index in [0.717, 1.165) is 30.8 Å². The van der Waals surface area contributed by atoms with Crippen molar-refractivity contribution in [2.75, 3.05) is 30.5 Å². The van der Waals surface area contributed by atoms with E-state index in [1.54, 1.807) is 12.1 Å². The van der Waals surface area contributed by atoms with Crippen LogP contribution in [0.5, 0.6) is 5.75 Å². The molecule has 0 atom stereocenters. The smallest absolute Gasteiger partial charge is 0.150 e. The topological polar surface area (TPSA) is 29.5 Å². The molecule has 80 valence electrons. The first kappa shape index (κ1) is 10.3. The second kappa shape index (κ2) is 4.53. The highest BCUT2D eigenvalue weighted by atomic mass is 35.5. The molecule has 0 saturated carbocycles. The molecule has 0 bridgehead atoms. The molecule has 0 spiro atoms. The Labute approximate surface area is 93.6 Å². The Kier molecular flexibility index (Phi) is 3.11. The minimum Gasteiger partial charge on any atom is -0.490 e. The fourth-order valence-electron chi connectivity index (χ4n) is 1.70. The Morgan fingerprint density at radius 2 is 2.40 bits per heavy atom. The lowest BCUT2D eigenvalue weighted by atomic mass is 10.1. The number of ether oxygens (including phenoxy) is 1. The average molecular weight is 226 g/mol. The molecule has 0 amide bonds. The Balaban J connectivity index is 2.31. The van der Waals surface area contributed by atoms with Gasteiger partial charge in [-0.2, -0.15) is 0 Å². The van der Waals surface area contributed by atoms with E-state index in [2.05, 4.69) is 4.90 Å². The maximum atomic E-state index is 10.6. The van der Waals surface area contributed by atoms with Crippen molar-refractivity contribution in [2.24, 2.45) is 0 Å². The maximum absolute atomic E-state index is 10.6. The van der Waals surface area contributed by atoms with Crippen molar-refractivity contribution >= 4 is 23.6 Å². The molecule has 1 aliphatic heterocycles. The Morgan fingerprint density at radius 3 is 3.13 bits per heavy atom. The van der Waals surface area contributed by atoms with E-state index in [1.165, 1.54) is 0 Å². The van der Waals surface area contributed by atoms with Gasteiger partial charge in [0.2, 0.25) is 0 Å². The lowest BCUT2D eigenvalue weighted by molar-refractivity contribution is 0.112. The van der Waals surface area contributed by atoms with Crippen LogP contribution in [-0.4, -0.2) is 31.9 Å². The van der Waals surface area contributed by atoms with Gasteiger partial charge < -0.3 is 9.64 Å². The van der Waals surface area contributed by atoms with E-state index in [-0.39, 0.29) is 0 Å². The molecule has 0 aromatic heterocycles. The van der Waals surface area contributed by atoms with Gasteiger partial charge in [-0.05, 0) is 18.2 Å². The van der Waals surface area contributed by atoms with E-state index in [9.17, 15) is 4.79 Å². The molecular weight excluding hydrogens is 214 g/mol. The summed E-state index contributed by atoms with van der Waals surface area (Å²) >= 11 is 5.72. The Bertz CT molecular complexity index is 368. The molecule has 3 nitrogen and oxygen atoms in total. The summed E-state index contributed by atoms with van der Waals surface area (Å²) in [5.74, 6) is 1.37. The summed E-state index contributed by atoms with van der Waals surface area (Å²) in [7, 11) is 0. The van der Waals surface area contributed by atoms with Crippen molar-refractivity contribution < 1.29 is 9.53 Å². The molecule has 1 aromatic carbocycles. The van der Waals surface area contributed by atoms with Crippen LogP contribution >= 0.6 is 11.6 Å². The fourth-order valence-corrected chi connectivity index (χ4v) is 1.91. The van der Waals surface area contributed by atoms with Gasteiger partial charge in [-0.25, -0.2) is 0 Å². The second-order valence-electron chi connectivity index (χ2n) is 3.37. The van der Waals surface area contributed by atoms with Crippen molar-refractivity contribution in [2.45, 2.75) is 0 Å². The van der Waals surface area contributed by atoms with Gasteiger partial charge in [-0.3, -0.25) is 4.79 Å². The average Bonchev–Trinajstić information content (AvgIpc) is 2.29. The van der Waals surface area contributed by atoms with Crippen LogP contribution in [0, 0.1) is 0 Å². The summed E-state index contributed by atoms with van der Waals surface area (Å²) in [4.78, 5) is 12.8. The molecule has 1 aliphatic rings. The van der Waals surface area contributed by atoms with E-state index < -0.39 is 0 Å². The van der Waals surface area contributed by atoms with E-state index in [4.69, 9.17) is 16.3 Å². The molecule has 0 N–H and O–H groups in total. The van der Waals surface area contributed by atoms with Gasteiger partial charge >= 0.3 is 0 Å². The third kappa shape index (κ3) is 2.07. The molecule has 0 aliphatic carbocycles. The molecule has 0 saturated heterocycles. The first-order chi connectivity index (χ1) is 7.35. The van der Waals surface area contributed by atoms with Crippen LogP contribution in [0.1, 0.15) is 10.4 Å². The summed E-state index contributed by atoms with van der Waals surface area (Å²) in [6.07, 6.45) is 0.824. The third-order valence-electron chi connectivity index (χ3n) is 2.43. The first-order valence-electron chi connectivity index (χ1n) is 4.88. The number of alkyl halides is 1. The molecule has 0 unspecified atom stereocenters. The molecule has 1 heterocycles. The van der Waals surface area contributed by atoms with E-state index in [0.29, 0.717) is 18.1 Å². The summed E-state index contributed by atoms with van der Waals surface area (Å²) in [6, 6.07) is 5.47. The minimum atomic E-state index is 0.592. The highest BCUT2D eigenvalue weighted by Crippen LogP contribution is 2.31. The zero-order valence-corrected chi connectivity index (χ0v) is 9.04. The number of carbonyl (C=O) groups excluding carboxylic acids is 1. The van der Waals surface area contributed by atoms with Gasteiger partial charge in [0, 0.05) is 18.0 Å². The molecular formula is C11H12ClNO2. The minimum absolute atomic E-state index is 0.592. The number of anilines is 1. The number of hydrogen-bond donors (Lipinski definition) is 0. The Hall–Kier alpha value is -1.22. The van der Waals surface area contributed by atoms with Crippen LogP contribution < -0.4 is 9.64 Å². The number of benzene rings is 1. The summed E-state index contributed by atoms with van der Waals surface area (Å²) < 4.78 is 5.50. The molecule has 1 aromatic rings. The fraction of sp³-hybridized carbons (Fsp3) is 0.364. The molecule has 0 radical (unpaired) electrons. The van der Waals surface area contributed by atoms with Crippen LogP contribution in [0.4, 0.5) is 5.69 Å². The van der Waals surface area contributed by atoms with Crippen LogP contribution in [0.15, 0.2) is 18.2 Å². The number of halogens is 1. The summed E-state index contributed by atoms with van der Waals surface area (Å²) in [5.41, 5.74) is 1.66. The van der Waals surface area contributed by atoms with E-state index >= 15 is 0 Å². The molecule has 15 heavy (non-hydrogen) atoms. The molecule has 2 rings (SSSR count). The monoisotopic (exact) mass is 225 g/mol. The number of carbonyl (C=O) groups is 1. The molecule has 0 fully saturated rings. The van der Waals surface area contributed by atoms with Crippen molar-refractivity contribution in [3.05, 3.63) is 23.8 Å². The number of nitrogens with zero attached hydrogens (tertiary/aromatic N) is 1. The zero-order chi connectivity index (χ0) is 10.7. The predicted molar refractivity (Wildman–Crippen MR) is 60.3 cm³/mol. The van der Waals surface area contributed by atoms with Gasteiger partial charge in [-0.1, -0.05) is 0 Å². The standard InChI is InChI=1S/C11H12ClNO2/c12-3-4-13-5-6-15-11-7-9(8-14)1-2-10(11)13/h1-2,7-8H,3-6H2. The second-order valence-corrected chi connectivity index (χ2v) is 3.75. The van der Waals surface area contributed by atoms with Crippen molar-refractivity contribution in [1.29, 1.82) is 0 Å². The quantitative estimate of drug-likeness (QED) is 0.582. The third-order valence-corrected chi connectivity index (χ3v) is 2.60. The van der Waals surface area contributed by atoms with Gasteiger partial charge in [0.1, 0.15) is 18.6 Å². The first-order valence-corrected chi connectivity index (χ1v) is 5.41. The normalized spacial score (nSPS) is 14.3. The lowest BCUT2D eigenvalue weighted by Gasteiger charge is -2.30. The zero-order valence-electron chi connectivity index (χ0n) is 8.28. The van der Waals surface area contributed by atoms with Gasteiger partial charge in [0.25, 0.3) is 0 Å². The van der Waals surface area contributed by atoms with Crippen LogP contribution in [0.2, 0.25) is 0 Å². The maximum Gasteiger partial charge on any atom is 0.150 e. The van der Waals surface area contributed by atoms with Crippen LogP contribution in [-0.2, 0) is 0 Å². The summed E-state index contributed by atoms with van der Waals surface area (Å²) in [5, 5.41) is 0. The Morgan fingerprint density at radius 1 is 1.53 bits per heavy atom. The number of aldehydes is 1. The van der Waals surface area contributed by atoms with Crippen LogP contribution in [0.3, 0.4) is 0 Å². The molecule has 4 heteroatoms. The van der Waals surface area contributed by atoms with Gasteiger partial charge in [0.15, 0.2) is 0 Å². The van der Waals surface area contributed by atoms with Crippen molar-refractivity contribution in [3.8, 4) is 5.75 Å². The van der Waals surface area contributed by atoms with Gasteiger partial charge in [-0.15, -0.1) is 11.6 Å². The number of rotatable bonds is 3. The summed E-state index contributed by atoms with van der Waals surface area (Å²) in [6.45, 7) is 2.30. The van der Waals surface area contributed by atoms with Gasteiger partial charge in [0.05, 0.1) is 12.2 Å². The predicted octanol–water partition coefficient (Wildman–Crippen LogP) is 1.94. The van der Waals surface area contributed by atoms with E-state index in [1.807, 2.05) is 6.07 Å². The lowest BCUT2D eigenvalue weighted by Crippen LogP contribution is -2.34. The number of hydrogen-bond acceptors (Lipinski definition) is 3. The highest BCUT2D eigenvalue weighted by molar-refractivity contribution is 6.18. The van der Waals surface area contributed by atoms with Crippen molar-refractivity contribution in [3.63, 3.8) is 0 Å². The number of fused-ring (bicyclic) bond motifs is 1. The van der Waals surface area contributed by atoms with Crippen molar-refractivity contribution in [1.82, 2.24) is 0 Å². The van der Waals surface area contributed by atoms with Crippen LogP contribution in [0.25, 0.3) is 0 Å². The largest absolute Gasteiger partial charge is 0.490 e.